The third kappa shape index (κ3) is 3.54. The molecule has 0 spiro atoms. The SMILES string of the molecule is Cn1cc(CNc2cc(C=C3SC(=O)NC3=O)ccc2N)cn1. The van der Waals surface area contributed by atoms with Crippen LogP contribution in [-0.2, 0) is 18.4 Å². The topological polar surface area (TPSA) is 102 Å². The largest absolute Gasteiger partial charge is 0.397 e. The standard InChI is InChI=1S/C15H15N5O2S/c1-20-8-10(7-18-20)6-17-12-4-9(2-3-11(12)16)5-13-14(21)19-15(22)23-13/h2-5,7-8,17H,6,16H2,1H3,(H,19,21,22). The first-order valence-electron chi connectivity index (χ1n) is 6.87. The first-order chi connectivity index (χ1) is 11.0. The van der Waals surface area contributed by atoms with Gasteiger partial charge in [-0.25, -0.2) is 0 Å². The number of nitrogens with two attached hydrogens (primary N) is 1. The first-order valence-corrected chi connectivity index (χ1v) is 7.69. The highest BCUT2D eigenvalue weighted by Gasteiger charge is 2.24. The molecule has 0 bridgehead atoms. The molecule has 2 heterocycles. The second-order valence-electron chi connectivity index (χ2n) is 5.07. The van der Waals surface area contributed by atoms with Gasteiger partial charge in [-0.1, -0.05) is 6.07 Å². The normalized spacial score (nSPS) is 16.0. The molecule has 1 saturated heterocycles. The maximum Gasteiger partial charge on any atom is 0.290 e. The van der Waals surface area contributed by atoms with Crippen molar-refractivity contribution < 1.29 is 9.59 Å². The number of nitrogens with zero attached hydrogens (tertiary/aromatic N) is 2. The summed E-state index contributed by atoms with van der Waals surface area (Å²) in [5.41, 5.74) is 9.17. The van der Waals surface area contributed by atoms with Gasteiger partial charge < -0.3 is 11.1 Å². The lowest BCUT2D eigenvalue weighted by molar-refractivity contribution is -0.115. The number of hydrogen-bond acceptors (Lipinski definition) is 6. The Bertz CT molecular complexity index is 812. The van der Waals surface area contributed by atoms with Crippen LogP contribution in [0.1, 0.15) is 11.1 Å². The highest BCUT2D eigenvalue weighted by molar-refractivity contribution is 8.18. The van der Waals surface area contributed by atoms with E-state index in [1.165, 1.54) is 0 Å². The van der Waals surface area contributed by atoms with E-state index in [2.05, 4.69) is 15.7 Å². The van der Waals surface area contributed by atoms with Crippen molar-refractivity contribution in [3.8, 4) is 0 Å². The number of carbonyl (C=O) groups excluding carboxylic acids is 2. The number of nitrogen functional groups attached to an aromatic ring is 1. The Kier molecular flexibility index (Phi) is 4.07. The molecule has 0 saturated carbocycles. The summed E-state index contributed by atoms with van der Waals surface area (Å²) in [6.45, 7) is 0.589. The van der Waals surface area contributed by atoms with Gasteiger partial charge in [0.2, 0.25) is 0 Å². The van der Waals surface area contributed by atoms with Crippen LogP contribution in [0.2, 0.25) is 0 Å². The molecule has 7 nitrogen and oxygen atoms in total. The van der Waals surface area contributed by atoms with Gasteiger partial charge >= 0.3 is 0 Å². The van der Waals surface area contributed by atoms with Crippen LogP contribution in [0.4, 0.5) is 16.2 Å². The van der Waals surface area contributed by atoms with Crippen molar-refractivity contribution in [3.63, 3.8) is 0 Å². The summed E-state index contributed by atoms with van der Waals surface area (Å²) in [5.74, 6) is -0.373. The predicted octanol–water partition coefficient (Wildman–Crippen LogP) is 1.94. The molecule has 0 atom stereocenters. The quantitative estimate of drug-likeness (QED) is 0.585. The maximum atomic E-state index is 11.6. The van der Waals surface area contributed by atoms with Crippen LogP contribution in [0.25, 0.3) is 6.08 Å². The molecule has 0 radical (unpaired) electrons. The zero-order valence-electron chi connectivity index (χ0n) is 12.4. The van der Waals surface area contributed by atoms with Crippen LogP contribution in [0.15, 0.2) is 35.5 Å². The van der Waals surface area contributed by atoms with Crippen LogP contribution in [-0.4, -0.2) is 20.9 Å². The number of aromatic nitrogens is 2. The number of imide groups is 1. The lowest BCUT2D eigenvalue weighted by atomic mass is 10.1. The van der Waals surface area contributed by atoms with Gasteiger partial charge in [-0.3, -0.25) is 19.6 Å². The Morgan fingerprint density at radius 2 is 2.26 bits per heavy atom. The van der Waals surface area contributed by atoms with Gasteiger partial charge in [-0.15, -0.1) is 0 Å². The van der Waals surface area contributed by atoms with E-state index in [-0.39, 0.29) is 11.1 Å². The van der Waals surface area contributed by atoms with Crippen molar-refractivity contribution in [2.75, 3.05) is 11.1 Å². The van der Waals surface area contributed by atoms with E-state index in [1.807, 2.05) is 19.3 Å². The van der Waals surface area contributed by atoms with Crippen molar-refractivity contribution in [2.24, 2.45) is 7.05 Å². The lowest BCUT2D eigenvalue weighted by Gasteiger charge is -2.09. The van der Waals surface area contributed by atoms with E-state index in [0.717, 1.165) is 28.6 Å². The molecule has 1 aromatic heterocycles. The van der Waals surface area contributed by atoms with Crippen LogP contribution in [0, 0.1) is 0 Å². The lowest BCUT2D eigenvalue weighted by Crippen LogP contribution is -2.17. The summed E-state index contributed by atoms with van der Waals surface area (Å²) in [6.07, 6.45) is 5.36. The number of anilines is 2. The molecule has 2 amide bonds. The summed E-state index contributed by atoms with van der Waals surface area (Å²) in [7, 11) is 1.86. The molecule has 1 aliphatic heterocycles. The molecule has 1 fully saturated rings. The van der Waals surface area contributed by atoms with E-state index in [4.69, 9.17) is 5.73 Å². The van der Waals surface area contributed by atoms with Gasteiger partial charge in [-0.2, -0.15) is 5.10 Å². The van der Waals surface area contributed by atoms with E-state index in [9.17, 15) is 9.59 Å². The molecule has 23 heavy (non-hydrogen) atoms. The van der Waals surface area contributed by atoms with Gasteiger partial charge in [0.1, 0.15) is 0 Å². The summed E-state index contributed by atoms with van der Waals surface area (Å²) in [6, 6.07) is 5.40. The minimum absolute atomic E-state index is 0.355. The number of rotatable bonds is 4. The van der Waals surface area contributed by atoms with E-state index >= 15 is 0 Å². The molecule has 4 N–H and O–H groups in total. The van der Waals surface area contributed by atoms with Gasteiger partial charge in [0.15, 0.2) is 0 Å². The number of amides is 2. The van der Waals surface area contributed by atoms with Crippen LogP contribution >= 0.6 is 11.8 Å². The Labute approximate surface area is 136 Å². The fourth-order valence-corrected chi connectivity index (χ4v) is 2.83. The third-order valence-electron chi connectivity index (χ3n) is 3.26. The van der Waals surface area contributed by atoms with Crippen molar-refractivity contribution in [1.82, 2.24) is 15.1 Å². The Balaban J connectivity index is 1.77. The minimum Gasteiger partial charge on any atom is -0.397 e. The second-order valence-corrected chi connectivity index (χ2v) is 6.09. The van der Waals surface area contributed by atoms with Crippen molar-refractivity contribution >= 4 is 40.4 Å². The Morgan fingerprint density at radius 1 is 1.43 bits per heavy atom. The van der Waals surface area contributed by atoms with E-state index in [1.54, 1.807) is 29.1 Å². The van der Waals surface area contributed by atoms with Crippen molar-refractivity contribution in [2.45, 2.75) is 6.54 Å². The van der Waals surface area contributed by atoms with Gasteiger partial charge in [0, 0.05) is 25.4 Å². The van der Waals surface area contributed by atoms with Gasteiger partial charge in [0.25, 0.3) is 11.1 Å². The summed E-state index contributed by atoms with van der Waals surface area (Å²) < 4.78 is 1.73. The van der Waals surface area contributed by atoms with E-state index in [0.29, 0.717) is 17.1 Å². The smallest absolute Gasteiger partial charge is 0.290 e. The zero-order valence-corrected chi connectivity index (χ0v) is 13.2. The number of aryl methyl sites for hydroxylation is 1. The fraction of sp³-hybridized carbons (Fsp3) is 0.133. The summed E-state index contributed by atoms with van der Waals surface area (Å²) in [4.78, 5) is 23.1. The summed E-state index contributed by atoms with van der Waals surface area (Å²) in [5, 5.41) is 9.23. The highest BCUT2D eigenvalue weighted by atomic mass is 32.2. The second kappa shape index (κ2) is 6.17. The first kappa shape index (κ1) is 15.2. The van der Waals surface area contributed by atoms with Crippen LogP contribution in [0.5, 0.6) is 0 Å². The van der Waals surface area contributed by atoms with E-state index < -0.39 is 0 Å². The average molecular weight is 329 g/mol. The van der Waals surface area contributed by atoms with Gasteiger partial charge in [0.05, 0.1) is 22.5 Å². The van der Waals surface area contributed by atoms with Crippen molar-refractivity contribution in [1.29, 1.82) is 0 Å². The van der Waals surface area contributed by atoms with Crippen LogP contribution < -0.4 is 16.4 Å². The molecular weight excluding hydrogens is 314 g/mol. The van der Waals surface area contributed by atoms with Crippen LogP contribution in [0.3, 0.4) is 0 Å². The molecule has 0 aliphatic carbocycles. The number of hydrogen-bond donors (Lipinski definition) is 3. The molecule has 118 valence electrons. The Hall–Kier alpha value is -2.74. The van der Waals surface area contributed by atoms with Crippen molar-refractivity contribution in [3.05, 3.63) is 46.6 Å². The molecule has 1 aromatic carbocycles. The average Bonchev–Trinajstić information content (AvgIpc) is 3.05. The van der Waals surface area contributed by atoms with Gasteiger partial charge in [-0.05, 0) is 35.5 Å². The number of carbonyl (C=O) groups is 2. The molecular formula is C15H15N5O2S. The number of benzene rings is 1. The fourth-order valence-electron chi connectivity index (χ4n) is 2.15. The number of thioether (sulfide) groups is 1. The molecule has 8 heteroatoms. The molecule has 3 rings (SSSR count). The minimum atomic E-state index is -0.373. The monoisotopic (exact) mass is 329 g/mol. The third-order valence-corrected chi connectivity index (χ3v) is 4.07. The zero-order chi connectivity index (χ0) is 16.4. The summed E-state index contributed by atoms with van der Waals surface area (Å²) >= 11 is 0.890. The molecule has 0 unspecified atom stereocenters. The highest BCUT2D eigenvalue weighted by Crippen LogP contribution is 2.28. The molecule has 2 aromatic rings. The Morgan fingerprint density at radius 3 is 2.91 bits per heavy atom. The maximum absolute atomic E-state index is 11.6. The number of nitrogens with one attached hydrogen (secondary N) is 2. The predicted molar refractivity (Wildman–Crippen MR) is 90.5 cm³/mol. The molecule has 1 aliphatic rings.